The van der Waals surface area contributed by atoms with Crippen LogP contribution < -0.4 is 10.6 Å². The molecule has 1 aromatic carbocycles. The molecule has 0 heterocycles. The molecule has 0 aliphatic heterocycles. The number of anilines is 1. The molecule has 0 bridgehead atoms. The van der Waals surface area contributed by atoms with E-state index >= 15 is 0 Å². The van der Waals surface area contributed by atoms with Crippen LogP contribution in [0.2, 0.25) is 0 Å². The van der Waals surface area contributed by atoms with Crippen LogP contribution in [-0.4, -0.2) is 22.5 Å². The number of carbonyl (C=O) groups is 2. The van der Waals surface area contributed by atoms with E-state index in [0.717, 1.165) is 6.42 Å². The van der Waals surface area contributed by atoms with Gasteiger partial charge in [-0.3, -0.25) is 9.59 Å². The molecule has 1 rings (SSSR count). The number of aromatic hydroxyl groups is 1. The van der Waals surface area contributed by atoms with Gasteiger partial charge in [0.25, 0.3) is 0 Å². The van der Waals surface area contributed by atoms with E-state index in [-0.39, 0.29) is 11.2 Å². The number of rotatable bonds is 3. The second kappa shape index (κ2) is 6.16. The van der Waals surface area contributed by atoms with Crippen LogP contribution in [0.5, 0.6) is 5.75 Å². The SMILES string of the molecule is CC(C)(C)CC(C)(C)NC(=O)C(=O)Nc1cccc(O)c1. The smallest absolute Gasteiger partial charge is 0.313 e. The van der Waals surface area contributed by atoms with Gasteiger partial charge in [0.15, 0.2) is 0 Å². The van der Waals surface area contributed by atoms with Crippen molar-refractivity contribution in [2.45, 2.75) is 46.6 Å². The first-order valence-corrected chi connectivity index (χ1v) is 6.91. The zero-order valence-corrected chi connectivity index (χ0v) is 13.3. The fraction of sp³-hybridized carbons (Fsp3) is 0.500. The molecule has 0 aromatic heterocycles. The van der Waals surface area contributed by atoms with Gasteiger partial charge in [0.05, 0.1) is 0 Å². The minimum Gasteiger partial charge on any atom is -0.508 e. The Morgan fingerprint density at radius 2 is 1.71 bits per heavy atom. The Morgan fingerprint density at radius 1 is 1.10 bits per heavy atom. The molecule has 0 spiro atoms. The standard InChI is InChI=1S/C16H24N2O3/c1-15(2,3)10-16(4,5)18-14(21)13(20)17-11-7-6-8-12(19)9-11/h6-9,19H,10H2,1-5H3,(H,17,20)(H,18,21). The maximum atomic E-state index is 11.9. The van der Waals surface area contributed by atoms with E-state index < -0.39 is 17.4 Å². The predicted octanol–water partition coefficient (Wildman–Crippen LogP) is 2.66. The fourth-order valence-corrected chi connectivity index (χ4v) is 2.51. The van der Waals surface area contributed by atoms with E-state index in [1.807, 2.05) is 13.8 Å². The number of phenolic OH excluding ortho intramolecular Hbond substituents is 1. The summed E-state index contributed by atoms with van der Waals surface area (Å²) >= 11 is 0. The molecule has 21 heavy (non-hydrogen) atoms. The second-order valence-corrected chi connectivity index (χ2v) is 7.08. The monoisotopic (exact) mass is 292 g/mol. The molecule has 0 fully saturated rings. The maximum absolute atomic E-state index is 11.9. The van der Waals surface area contributed by atoms with Gasteiger partial charge in [-0.15, -0.1) is 0 Å². The molecule has 0 radical (unpaired) electrons. The average Bonchev–Trinajstić information content (AvgIpc) is 2.24. The van der Waals surface area contributed by atoms with Crippen LogP contribution in [0.15, 0.2) is 24.3 Å². The fourth-order valence-electron chi connectivity index (χ4n) is 2.51. The Morgan fingerprint density at radius 3 is 2.24 bits per heavy atom. The highest BCUT2D eigenvalue weighted by atomic mass is 16.3. The van der Waals surface area contributed by atoms with Crippen molar-refractivity contribution in [3.05, 3.63) is 24.3 Å². The number of hydrogen-bond acceptors (Lipinski definition) is 3. The zero-order valence-electron chi connectivity index (χ0n) is 13.3. The van der Waals surface area contributed by atoms with E-state index in [4.69, 9.17) is 0 Å². The molecule has 1 aromatic rings. The third-order valence-corrected chi connectivity index (χ3v) is 2.73. The van der Waals surface area contributed by atoms with Gasteiger partial charge in [0, 0.05) is 17.3 Å². The number of hydrogen-bond donors (Lipinski definition) is 3. The van der Waals surface area contributed by atoms with Crippen molar-refractivity contribution in [2.24, 2.45) is 5.41 Å². The third-order valence-electron chi connectivity index (χ3n) is 2.73. The first kappa shape index (κ1) is 17.0. The molecule has 0 saturated heterocycles. The molecule has 116 valence electrons. The van der Waals surface area contributed by atoms with Crippen molar-refractivity contribution in [1.82, 2.24) is 5.32 Å². The molecule has 0 aliphatic carbocycles. The molecule has 3 N–H and O–H groups in total. The summed E-state index contributed by atoms with van der Waals surface area (Å²) in [4.78, 5) is 23.8. The lowest BCUT2D eigenvalue weighted by Gasteiger charge is -2.33. The lowest BCUT2D eigenvalue weighted by Crippen LogP contribution is -2.49. The van der Waals surface area contributed by atoms with Crippen molar-refractivity contribution in [2.75, 3.05) is 5.32 Å². The van der Waals surface area contributed by atoms with Crippen LogP contribution >= 0.6 is 0 Å². The summed E-state index contributed by atoms with van der Waals surface area (Å²) in [5.74, 6) is -1.41. The third kappa shape index (κ3) is 6.29. The van der Waals surface area contributed by atoms with Crippen LogP contribution in [0, 0.1) is 5.41 Å². The summed E-state index contributed by atoms with van der Waals surface area (Å²) in [6, 6.07) is 6.06. The molecule has 0 aliphatic rings. The van der Waals surface area contributed by atoms with Gasteiger partial charge in [0.1, 0.15) is 5.75 Å². The molecule has 0 saturated carbocycles. The normalized spacial score (nSPS) is 11.9. The van der Waals surface area contributed by atoms with Crippen molar-refractivity contribution in [3.63, 3.8) is 0 Å². The number of phenols is 1. The van der Waals surface area contributed by atoms with Crippen LogP contribution in [0.25, 0.3) is 0 Å². The molecule has 2 amide bonds. The van der Waals surface area contributed by atoms with Crippen molar-refractivity contribution >= 4 is 17.5 Å². The molecular formula is C16H24N2O3. The van der Waals surface area contributed by atoms with Crippen molar-refractivity contribution in [3.8, 4) is 5.75 Å². The van der Waals surface area contributed by atoms with E-state index in [9.17, 15) is 14.7 Å². The van der Waals surface area contributed by atoms with Gasteiger partial charge in [-0.1, -0.05) is 26.8 Å². The van der Waals surface area contributed by atoms with Gasteiger partial charge in [-0.2, -0.15) is 0 Å². The second-order valence-electron chi connectivity index (χ2n) is 7.08. The molecule has 5 heteroatoms. The topological polar surface area (TPSA) is 78.4 Å². The first-order valence-electron chi connectivity index (χ1n) is 6.91. The summed E-state index contributed by atoms with van der Waals surface area (Å²) in [5, 5.41) is 14.5. The molecular weight excluding hydrogens is 268 g/mol. The Hall–Kier alpha value is -2.04. The molecule has 5 nitrogen and oxygen atoms in total. The summed E-state index contributed by atoms with van der Waals surface area (Å²) in [6.07, 6.45) is 0.741. The summed E-state index contributed by atoms with van der Waals surface area (Å²) in [5.41, 5.74) is -0.0620. The van der Waals surface area contributed by atoms with Crippen LogP contribution in [0.3, 0.4) is 0 Å². The van der Waals surface area contributed by atoms with E-state index in [1.165, 1.54) is 12.1 Å². The van der Waals surface area contributed by atoms with Gasteiger partial charge < -0.3 is 15.7 Å². The van der Waals surface area contributed by atoms with Crippen LogP contribution in [0.4, 0.5) is 5.69 Å². The van der Waals surface area contributed by atoms with E-state index in [0.29, 0.717) is 5.69 Å². The minimum atomic E-state index is -0.748. The number of amides is 2. The highest BCUT2D eigenvalue weighted by molar-refractivity contribution is 6.39. The first-order chi connectivity index (χ1) is 9.48. The van der Waals surface area contributed by atoms with Crippen LogP contribution in [-0.2, 0) is 9.59 Å². The van der Waals surface area contributed by atoms with Crippen molar-refractivity contribution in [1.29, 1.82) is 0 Å². The lowest BCUT2D eigenvalue weighted by molar-refractivity contribution is -0.137. The average molecular weight is 292 g/mol. The summed E-state index contributed by atoms with van der Waals surface area (Å²) in [7, 11) is 0. The Kier molecular flexibility index (Phi) is 4.99. The Balaban J connectivity index is 2.65. The minimum absolute atomic E-state index is 0.0290. The Bertz CT molecular complexity index is 531. The predicted molar refractivity (Wildman–Crippen MR) is 83.0 cm³/mol. The highest BCUT2D eigenvalue weighted by Gasteiger charge is 2.29. The molecule has 0 atom stereocenters. The van der Waals surface area contributed by atoms with Gasteiger partial charge >= 0.3 is 11.8 Å². The largest absolute Gasteiger partial charge is 0.508 e. The number of nitrogens with one attached hydrogen (secondary N) is 2. The van der Waals surface area contributed by atoms with Gasteiger partial charge in [0.2, 0.25) is 0 Å². The van der Waals surface area contributed by atoms with Crippen LogP contribution in [0.1, 0.15) is 41.0 Å². The van der Waals surface area contributed by atoms with E-state index in [2.05, 4.69) is 31.4 Å². The van der Waals surface area contributed by atoms with Crippen molar-refractivity contribution < 1.29 is 14.7 Å². The maximum Gasteiger partial charge on any atom is 0.313 e. The summed E-state index contributed by atoms with van der Waals surface area (Å²) in [6.45, 7) is 10.0. The quantitative estimate of drug-likeness (QED) is 0.749. The zero-order chi connectivity index (χ0) is 16.3. The summed E-state index contributed by atoms with van der Waals surface area (Å²) < 4.78 is 0. The number of carbonyl (C=O) groups excluding carboxylic acids is 2. The van der Waals surface area contributed by atoms with Gasteiger partial charge in [-0.05, 0) is 37.8 Å². The molecule has 0 unspecified atom stereocenters. The highest BCUT2D eigenvalue weighted by Crippen LogP contribution is 2.26. The Labute approximate surface area is 125 Å². The number of benzene rings is 1. The van der Waals surface area contributed by atoms with Gasteiger partial charge in [-0.25, -0.2) is 0 Å². The lowest BCUT2D eigenvalue weighted by atomic mass is 9.82. The van der Waals surface area contributed by atoms with E-state index in [1.54, 1.807) is 12.1 Å².